The summed E-state index contributed by atoms with van der Waals surface area (Å²) in [5.41, 5.74) is 11.5. The average Bonchev–Trinajstić information content (AvgIpc) is 3.91. The van der Waals surface area contributed by atoms with Gasteiger partial charge >= 0.3 is 0 Å². The summed E-state index contributed by atoms with van der Waals surface area (Å²) in [5, 5.41) is 7.68. The van der Waals surface area contributed by atoms with Gasteiger partial charge in [0, 0.05) is 43.3 Å². The third-order valence-electron chi connectivity index (χ3n) is 12.0. The number of benzene rings is 6. The van der Waals surface area contributed by atoms with Crippen molar-refractivity contribution in [2.24, 2.45) is 5.92 Å². The summed E-state index contributed by atoms with van der Waals surface area (Å²) in [6.07, 6.45) is 13.6. The Bertz CT molecular complexity index is 3220. The fourth-order valence-electron chi connectivity index (χ4n) is 9.23. The maximum atomic E-state index is 5.57. The highest BCUT2D eigenvalue weighted by Gasteiger charge is 2.39. The van der Waals surface area contributed by atoms with Crippen LogP contribution in [0.4, 0.5) is 0 Å². The topological polar surface area (TPSA) is 22.2 Å². The Morgan fingerprint density at radius 3 is 2.02 bits per heavy atom. The van der Waals surface area contributed by atoms with E-state index in [0.29, 0.717) is 0 Å². The van der Waals surface area contributed by atoms with E-state index in [0.717, 1.165) is 22.7 Å². The smallest absolute Gasteiger partial charge is 0.156 e. The Balaban J connectivity index is 1.01. The lowest BCUT2D eigenvalue weighted by molar-refractivity contribution is 0.481. The summed E-state index contributed by atoms with van der Waals surface area (Å²) in [4.78, 5) is 5.57. The number of aromatic nitrogens is 3. The first-order valence-electron chi connectivity index (χ1n) is 18.7. The molecule has 3 nitrogen and oxygen atoms in total. The van der Waals surface area contributed by atoms with E-state index in [4.69, 9.17) is 4.98 Å². The van der Waals surface area contributed by atoms with E-state index in [1.807, 2.05) is 11.3 Å². The normalized spacial score (nSPS) is 17.8. The molecule has 0 saturated carbocycles. The molecule has 0 bridgehead atoms. The van der Waals surface area contributed by atoms with Crippen molar-refractivity contribution in [3.63, 3.8) is 0 Å². The van der Waals surface area contributed by atoms with Crippen LogP contribution in [0.5, 0.6) is 0 Å². The van der Waals surface area contributed by atoms with Crippen molar-refractivity contribution < 1.29 is 0 Å². The molecule has 254 valence electrons. The second-order valence-corrected chi connectivity index (χ2v) is 16.0. The molecular formula is C50H33N3S. The van der Waals surface area contributed by atoms with Crippen LogP contribution in [0, 0.1) is 5.92 Å². The third kappa shape index (κ3) is 4.09. The first-order valence-corrected chi connectivity index (χ1v) is 19.5. The standard InChI is InChI=1S/C50H33N3S/c1-50-29-9-8-11-35(50)24-28-44-48(50)51-49-47-41(40-27-23-33-10-2-3-12-37(33)46(40)54-47)30-45(53(44)49)34-19-17-31(18-20-34)32-21-25-36(26-22-32)52-42-15-6-4-13-38(42)39-14-5-7-16-43(39)52/h2-30,35H,1H3. The van der Waals surface area contributed by atoms with Crippen molar-refractivity contribution in [3.8, 4) is 28.1 Å². The molecule has 0 N–H and O–H groups in total. The van der Waals surface area contributed by atoms with Gasteiger partial charge in [0.2, 0.25) is 0 Å². The van der Waals surface area contributed by atoms with E-state index in [-0.39, 0.29) is 11.3 Å². The minimum Gasteiger partial charge on any atom is -0.309 e. The van der Waals surface area contributed by atoms with Gasteiger partial charge < -0.3 is 4.57 Å². The van der Waals surface area contributed by atoms with Gasteiger partial charge in [-0.3, -0.25) is 4.40 Å². The molecule has 4 heteroatoms. The first-order chi connectivity index (χ1) is 26.6. The van der Waals surface area contributed by atoms with Gasteiger partial charge in [0.15, 0.2) is 5.65 Å². The third-order valence-corrected chi connectivity index (χ3v) is 13.3. The lowest BCUT2D eigenvalue weighted by Gasteiger charge is -2.35. The number of fused-ring (bicyclic) bond motifs is 14. The van der Waals surface area contributed by atoms with Gasteiger partial charge in [-0.1, -0.05) is 140 Å². The molecule has 0 saturated heterocycles. The minimum absolute atomic E-state index is 0.201. The van der Waals surface area contributed by atoms with Crippen LogP contribution in [0.25, 0.3) is 92.5 Å². The summed E-state index contributed by atoms with van der Waals surface area (Å²) < 4.78 is 7.36. The lowest BCUT2D eigenvalue weighted by atomic mass is 9.69. The maximum Gasteiger partial charge on any atom is 0.156 e. The monoisotopic (exact) mass is 707 g/mol. The summed E-state index contributed by atoms with van der Waals surface area (Å²) in [6.45, 7) is 2.34. The molecule has 2 atom stereocenters. The zero-order valence-electron chi connectivity index (χ0n) is 29.6. The Morgan fingerprint density at radius 2 is 1.26 bits per heavy atom. The van der Waals surface area contributed by atoms with Crippen LogP contribution in [0.3, 0.4) is 0 Å². The summed E-state index contributed by atoms with van der Waals surface area (Å²) in [7, 11) is 0. The molecule has 4 aromatic heterocycles. The Hall–Kier alpha value is -6.49. The fraction of sp³-hybridized carbons (Fsp3) is 0.0600. The molecule has 4 heterocycles. The highest BCUT2D eigenvalue weighted by atomic mass is 32.1. The Labute approximate surface area is 316 Å². The Kier molecular flexibility index (Phi) is 6.12. The van der Waals surface area contributed by atoms with Gasteiger partial charge in [-0.05, 0) is 70.8 Å². The maximum absolute atomic E-state index is 5.57. The molecular weight excluding hydrogens is 675 g/mol. The van der Waals surface area contributed by atoms with E-state index in [9.17, 15) is 0 Å². The molecule has 10 aromatic rings. The molecule has 0 spiro atoms. The van der Waals surface area contributed by atoms with Gasteiger partial charge in [-0.25, -0.2) is 4.98 Å². The van der Waals surface area contributed by atoms with Crippen LogP contribution >= 0.6 is 11.3 Å². The highest BCUT2D eigenvalue weighted by Crippen LogP contribution is 2.48. The summed E-state index contributed by atoms with van der Waals surface area (Å²) in [6, 6.07) is 51.2. The predicted molar refractivity (Wildman–Crippen MR) is 229 cm³/mol. The highest BCUT2D eigenvalue weighted by molar-refractivity contribution is 7.27. The van der Waals surface area contributed by atoms with Crippen molar-refractivity contribution in [2.45, 2.75) is 12.3 Å². The van der Waals surface area contributed by atoms with Gasteiger partial charge in [-0.15, -0.1) is 11.3 Å². The van der Waals surface area contributed by atoms with Crippen molar-refractivity contribution in [2.75, 3.05) is 0 Å². The number of imidazole rings is 1. The van der Waals surface area contributed by atoms with Gasteiger partial charge in [-0.2, -0.15) is 0 Å². The molecule has 54 heavy (non-hydrogen) atoms. The molecule has 0 amide bonds. The van der Waals surface area contributed by atoms with Crippen LogP contribution in [0.2, 0.25) is 0 Å². The lowest BCUT2D eigenvalue weighted by Crippen LogP contribution is -2.32. The molecule has 0 aliphatic heterocycles. The molecule has 6 aromatic carbocycles. The fourth-order valence-corrected chi connectivity index (χ4v) is 10.5. The number of hydrogen-bond donors (Lipinski definition) is 0. The molecule has 12 rings (SSSR count). The first kappa shape index (κ1) is 30.0. The largest absolute Gasteiger partial charge is 0.309 e. The van der Waals surface area contributed by atoms with Gasteiger partial charge in [0.1, 0.15) is 0 Å². The van der Waals surface area contributed by atoms with Crippen LogP contribution in [-0.2, 0) is 5.41 Å². The van der Waals surface area contributed by atoms with Crippen LogP contribution in [0.1, 0.15) is 18.3 Å². The zero-order chi connectivity index (χ0) is 35.5. The van der Waals surface area contributed by atoms with E-state index in [2.05, 4.69) is 192 Å². The van der Waals surface area contributed by atoms with Crippen molar-refractivity contribution >= 4 is 75.8 Å². The number of allylic oxidation sites excluding steroid dienone is 5. The van der Waals surface area contributed by atoms with Crippen LogP contribution in [0.15, 0.2) is 170 Å². The van der Waals surface area contributed by atoms with Gasteiger partial charge in [0.25, 0.3) is 0 Å². The quantitative estimate of drug-likeness (QED) is 0.179. The number of nitrogens with zero attached hydrogens (tertiary/aromatic N) is 3. The average molecular weight is 708 g/mol. The summed E-state index contributed by atoms with van der Waals surface area (Å²) in [5.74, 6) is 0.283. The SMILES string of the molecule is CC12C=CC=CC1C=Cc1c2nc2c3sc4c5ccccc5ccc4c3cc(-c3ccc(-c4ccc(-n5c6ccccc6c6ccccc65)cc4)cc3)n12. The van der Waals surface area contributed by atoms with Gasteiger partial charge in [0.05, 0.1) is 32.8 Å². The van der Waals surface area contributed by atoms with E-state index in [1.165, 1.54) is 75.1 Å². The van der Waals surface area contributed by atoms with Crippen molar-refractivity contribution in [1.82, 2.24) is 14.0 Å². The van der Waals surface area contributed by atoms with Crippen LogP contribution < -0.4 is 0 Å². The number of para-hydroxylation sites is 2. The number of rotatable bonds is 3. The predicted octanol–water partition coefficient (Wildman–Crippen LogP) is 13.3. The molecule has 0 radical (unpaired) electrons. The molecule has 2 unspecified atom stereocenters. The van der Waals surface area contributed by atoms with E-state index < -0.39 is 0 Å². The number of pyridine rings is 1. The number of thiophene rings is 1. The summed E-state index contributed by atoms with van der Waals surface area (Å²) >= 11 is 1.88. The minimum atomic E-state index is -0.201. The van der Waals surface area contributed by atoms with Crippen molar-refractivity contribution in [3.05, 3.63) is 181 Å². The van der Waals surface area contributed by atoms with E-state index >= 15 is 0 Å². The molecule has 2 aliphatic rings. The zero-order valence-corrected chi connectivity index (χ0v) is 30.4. The Morgan fingerprint density at radius 1 is 0.593 bits per heavy atom. The number of hydrogen-bond acceptors (Lipinski definition) is 2. The molecule has 0 fully saturated rings. The molecule has 2 aliphatic carbocycles. The van der Waals surface area contributed by atoms with Crippen LogP contribution in [-0.4, -0.2) is 14.0 Å². The second kappa shape index (κ2) is 11.0. The van der Waals surface area contributed by atoms with E-state index in [1.54, 1.807) is 0 Å². The second-order valence-electron chi connectivity index (χ2n) is 14.9. The van der Waals surface area contributed by atoms with Crippen molar-refractivity contribution in [1.29, 1.82) is 0 Å².